The second-order valence-electron chi connectivity index (χ2n) is 3.99. The fourth-order valence-electron chi connectivity index (χ4n) is 1.64. The van der Waals surface area contributed by atoms with Crippen LogP contribution in [0.3, 0.4) is 0 Å². The zero-order valence-corrected chi connectivity index (χ0v) is 10.6. The summed E-state index contributed by atoms with van der Waals surface area (Å²) in [7, 11) is 0. The van der Waals surface area contributed by atoms with Gasteiger partial charge in [0, 0.05) is 4.88 Å². The van der Waals surface area contributed by atoms with Crippen molar-refractivity contribution >= 4 is 11.3 Å². The molecular formula is C13H23NS. The Labute approximate surface area is 97.9 Å². The summed E-state index contributed by atoms with van der Waals surface area (Å²) in [5.41, 5.74) is 0. The molecule has 15 heavy (non-hydrogen) atoms. The summed E-state index contributed by atoms with van der Waals surface area (Å²) >= 11 is 1.86. The quantitative estimate of drug-likeness (QED) is 0.629. The van der Waals surface area contributed by atoms with E-state index in [4.69, 9.17) is 0 Å². The van der Waals surface area contributed by atoms with Crippen molar-refractivity contribution < 1.29 is 0 Å². The minimum Gasteiger partial charge on any atom is -0.316 e. The summed E-state index contributed by atoms with van der Waals surface area (Å²) in [5.74, 6) is 0. The minimum atomic E-state index is 1.13. The summed E-state index contributed by atoms with van der Waals surface area (Å²) < 4.78 is 0. The average molecular weight is 225 g/mol. The number of hydrogen-bond donors (Lipinski definition) is 1. The van der Waals surface area contributed by atoms with Crippen LogP contribution in [0.15, 0.2) is 17.5 Å². The molecule has 0 unspecified atom stereocenters. The molecule has 0 saturated heterocycles. The molecule has 0 amide bonds. The predicted molar refractivity (Wildman–Crippen MR) is 69.7 cm³/mol. The van der Waals surface area contributed by atoms with Gasteiger partial charge >= 0.3 is 0 Å². The summed E-state index contributed by atoms with van der Waals surface area (Å²) in [5, 5.41) is 5.66. The van der Waals surface area contributed by atoms with E-state index in [0.717, 1.165) is 6.54 Å². The molecule has 1 aromatic heterocycles. The van der Waals surface area contributed by atoms with Crippen molar-refractivity contribution in [1.82, 2.24) is 5.32 Å². The topological polar surface area (TPSA) is 12.0 Å². The van der Waals surface area contributed by atoms with Gasteiger partial charge in [0.25, 0.3) is 0 Å². The van der Waals surface area contributed by atoms with E-state index < -0.39 is 0 Å². The molecule has 0 radical (unpaired) electrons. The molecule has 1 rings (SSSR count). The van der Waals surface area contributed by atoms with Gasteiger partial charge in [0.2, 0.25) is 0 Å². The highest BCUT2D eigenvalue weighted by Crippen LogP contribution is 2.08. The zero-order valence-electron chi connectivity index (χ0n) is 9.80. The molecule has 86 valence electrons. The molecule has 0 saturated carbocycles. The Hall–Kier alpha value is -0.340. The molecule has 0 spiro atoms. The summed E-state index contributed by atoms with van der Waals surface area (Å²) in [4.78, 5) is 1.49. The van der Waals surface area contributed by atoms with Crippen LogP contribution in [-0.2, 0) is 6.42 Å². The van der Waals surface area contributed by atoms with E-state index in [9.17, 15) is 0 Å². The molecule has 0 aliphatic carbocycles. The van der Waals surface area contributed by atoms with Crippen molar-refractivity contribution in [3.8, 4) is 0 Å². The van der Waals surface area contributed by atoms with Crippen molar-refractivity contribution in [3.63, 3.8) is 0 Å². The monoisotopic (exact) mass is 225 g/mol. The van der Waals surface area contributed by atoms with Gasteiger partial charge in [-0.15, -0.1) is 11.3 Å². The van der Waals surface area contributed by atoms with Gasteiger partial charge in [0.1, 0.15) is 0 Å². The Balaban J connectivity index is 1.81. The van der Waals surface area contributed by atoms with Gasteiger partial charge in [-0.1, -0.05) is 38.7 Å². The zero-order chi connectivity index (χ0) is 10.8. The maximum atomic E-state index is 3.51. The molecule has 2 heteroatoms. The fraction of sp³-hybridized carbons (Fsp3) is 0.692. The molecule has 0 fully saturated rings. The summed E-state index contributed by atoms with van der Waals surface area (Å²) in [6, 6.07) is 4.35. The first-order valence-electron chi connectivity index (χ1n) is 6.16. The van der Waals surface area contributed by atoms with Gasteiger partial charge in [-0.3, -0.25) is 0 Å². The van der Waals surface area contributed by atoms with E-state index in [1.165, 1.54) is 49.9 Å². The lowest BCUT2D eigenvalue weighted by atomic mass is 10.1. The molecular weight excluding hydrogens is 202 g/mol. The van der Waals surface area contributed by atoms with E-state index in [1.54, 1.807) is 0 Å². The van der Waals surface area contributed by atoms with Crippen molar-refractivity contribution in [2.45, 2.75) is 45.4 Å². The van der Waals surface area contributed by atoms with Gasteiger partial charge in [-0.2, -0.15) is 0 Å². The Bertz CT molecular complexity index is 218. The second kappa shape index (κ2) is 8.93. The summed E-state index contributed by atoms with van der Waals surface area (Å²) in [6.07, 6.45) is 8.06. The normalized spacial score (nSPS) is 10.7. The van der Waals surface area contributed by atoms with Crippen LogP contribution in [-0.4, -0.2) is 13.1 Å². The molecule has 1 nitrogen and oxygen atoms in total. The van der Waals surface area contributed by atoms with Gasteiger partial charge in [-0.05, 0) is 37.4 Å². The van der Waals surface area contributed by atoms with Gasteiger partial charge in [-0.25, -0.2) is 0 Å². The lowest BCUT2D eigenvalue weighted by Crippen LogP contribution is -2.18. The highest BCUT2D eigenvalue weighted by atomic mass is 32.1. The van der Waals surface area contributed by atoms with Gasteiger partial charge in [0.05, 0.1) is 0 Å². The number of unbranched alkanes of at least 4 members (excludes halogenated alkanes) is 4. The predicted octanol–water partition coefficient (Wildman–Crippen LogP) is 3.85. The lowest BCUT2D eigenvalue weighted by Gasteiger charge is -2.03. The number of thiophene rings is 1. The van der Waals surface area contributed by atoms with Crippen LogP contribution in [0, 0.1) is 0 Å². The van der Waals surface area contributed by atoms with Gasteiger partial charge < -0.3 is 5.32 Å². The SMILES string of the molecule is CCCCCCCNCCc1cccs1. The largest absolute Gasteiger partial charge is 0.316 e. The first-order chi connectivity index (χ1) is 7.43. The first-order valence-corrected chi connectivity index (χ1v) is 7.04. The Morgan fingerprint density at radius 2 is 2.00 bits per heavy atom. The molecule has 1 N–H and O–H groups in total. The smallest absolute Gasteiger partial charge is 0.00578 e. The number of hydrogen-bond acceptors (Lipinski definition) is 2. The van der Waals surface area contributed by atoms with Crippen LogP contribution in [0.4, 0.5) is 0 Å². The minimum absolute atomic E-state index is 1.13. The standard InChI is InChI=1S/C13H23NS/c1-2-3-4-5-6-10-14-11-9-13-8-7-12-15-13/h7-8,12,14H,2-6,9-11H2,1H3. The molecule has 1 aromatic rings. The Kier molecular flexibility index (Phi) is 7.58. The second-order valence-corrected chi connectivity index (χ2v) is 5.03. The maximum Gasteiger partial charge on any atom is 0.00578 e. The summed E-state index contributed by atoms with van der Waals surface area (Å²) in [6.45, 7) is 4.59. The Morgan fingerprint density at radius 1 is 1.13 bits per heavy atom. The van der Waals surface area contributed by atoms with Crippen LogP contribution < -0.4 is 5.32 Å². The van der Waals surface area contributed by atoms with E-state index in [-0.39, 0.29) is 0 Å². The van der Waals surface area contributed by atoms with Crippen LogP contribution in [0.2, 0.25) is 0 Å². The van der Waals surface area contributed by atoms with E-state index in [1.807, 2.05) is 11.3 Å². The van der Waals surface area contributed by atoms with Gasteiger partial charge in [0.15, 0.2) is 0 Å². The van der Waals surface area contributed by atoms with Crippen LogP contribution in [0.5, 0.6) is 0 Å². The molecule has 0 aliphatic heterocycles. The van der Waals surface area contributed by atoms with Crippen LogP contribution >= 0.6 is 11.3 Å². The third kappa shape index (κ3) is 6.69. The van der Waals surface area contributed by atoms with Crippen LogP contribution in [0.25, 0.3) is 0 Å². The third-order valence-electron chi connectivity index (χ3n) is 2.59. The average Bonchev–Trinajstić information content (AvgIpc) is 2.75. The molecule has 0 bridgehead atoms. The van der Waals surface area contributed by atoms with Crippen molar-refractivity contribution in [3.05, 3.63) is 22.4 Å². The molecule has 1 heterocycles. The maximum absolute atomic E-state index is 3.51. The van der Waals surface area contributed by atoms with E-state index in [2.05, 4.69) is 29.8 Å². The number of rotatable bonds is 9. The third-order valence-corrected chi connectivity index (χ3v) is 3.52. The van der Waals surface area contributed by atoms with E-state index >= 15 is 0 Å². The molecule has 0 aliphatic rings. The fourth-order valence-corrected chi connectivity index (χ4v) is 2.35. The van der Waals surface area contributed by atoms with Crippen molar-refractivity contribution in [2.75, 3.05) is 13.1 Å². The number of nitrogens with one attached hydrogen (secondary N) is 1. The van der Waals surface area contributed by atoms with Crippen LogP contribution in [0.1, 0.15) is 43.9 Å². The Morgan fingerprint density at radius 3 is 2.73 bits per heavy atom. The molecule has 0 aromatic carbocycles. The molecule has 0 atom stereocenters. The van der Waals surface area contributed by atoms with Crippen molar-refractivity contribution in [2.24, 2.45) is 0 Å². The highest BCUT2D eigenvalue weighted by molar-refractivity contribution is 7.09. The van der Waals surface area contributed by atoms with E-state index in [0.29, 0.717) is 0 Å². The first kappa shape index (κ1) is 12.7. The van der Waals surface area contributed by atoms with Crippen molar-refractivity contribution in [1.29, 1.82) is 0 Å². The lowest BCUT2D eigenvalue weighted by molar-refractivity contribution is 0.585. The highest BCUT2D eigenvalue weighted by Gasteiger charge is 1.93.